The number of benzene rings is 2. The molecule has 0 bridgehead atoms. The summed E-state index contributed by atoms with van der Waals surface area (Å²) in [5.41, 5.74) is -0.635. The van der Waals surface area contributed by atoms with Crippen LogP contribution in [-0.4, -0.2) is 54.2 Å². The molecule has 10 heteroatoms. The van der Waals surface area contributed by atoms with Crippen LogP contribution in [0.1, 0.15) is 29.3 Å². The number of hydrogen-bond acceptors (Lipinski definition) is 6. The molecule has 2 heterocycles. The number of ether oxygens (including phenoxy) is 1. The van der Waals surface area contributed by atoms with Gasteiger partial charge in [0.15, 0.2) is 5.17 Å². The molecule has 1 saturated heterocycles. The topological polar surface area (TPSA) is 80.2 Å². The predicted octanol–water partition coefficient (Wildman–Crippen LogP) is 3.51. The number of nitrogens with one attached hydrogen (secondary N) is 1. The highest BCUT2D eigenvalue weighted by Crippen LogP contribution is 2.50. The average Bonchev–Trinajstić information content (AvgIpc) is 2.83. The number of carbonyl (C=O) groups excluding carboxylic acids is 2. The van der Waals surface area contributed by atoms with Crippen molar-refractivity contribution in [2.24, 2.45) is 10.9 Å². The molecule has 1 fully saturated rings. The molecule has 1 N–H and O–H groups in total. The third-order valence-electron chi connectivity index (χ3n) is 6.26. The number of amides is 2. The largest absolute Gasteiger partial charge is 0.365 e. The van der Waals surface area contributed by atoms with Gasteiger partial charge in [-0.2, -0.15) is 0 Å². The second-order valence-electron chi connectivity index (χ2n) is 8.27. The van der Waals surface area contributed by atoms with E-state index in [1.807, 2.05) is 6.92 Å². The Bertz CT molecular complexity index is 1120. The standard InChI is InChI=1S/C24H25F2N3O4S/c1-14-18-12-20(22(31)29(2)32-3)33-13-24(18,17-10-9-16(25)11-19(17)26)28-23(34-14)27-21(30)15-7-5-4-6-8-15/h4-11,14,18,20H,12-13H2,1-3H3,(H,27,28,30)/t14-,18+,20-,24-/m1/s1. The second-order valence-corrected chi connectivity index (χ2v) is 9.63. The van der Waals surface area contributed by atoms with Crippen LogP contribution in [0.3, 0.4) is 0 Å². The van der Waals surface area contributed by atoms with E-state index < -0.39 is 23.3 Å². The number of fused-ring (bicyclic) bond motifs is 1. The first-order valence-electron chi connectivity index (χ1n) is 10.8. The van der Waals surface area contributed by atoms with Crippen molar-refractivity contribution >= 4 is 28.7 Å². The summed E-state index contributed by atoms with van der Waals surface area (Å²) in [7, 11) is 2.87. The number of nitrogens with zero attached hydrogens (tertiary/aromatic N) is 2. The van der Waals surface area contributed by atoms with Gasteiger partial charge in [-0.3, -0.25) is 14.4 Å². The molecular weight excluding hydrogens is 464 g/mol. The fourth-order valence-electron chi connectivity index (χ4n) is 4.45. The first-order chi connectivity index (χ1) is 16.2. The summed E-state index contributed by atoms with van der Waals surface area (Å²) in [5, 5.41) is 4.04. The number of thioether (sulfide) groups is 1. The Hall–Kier alpha value is -2.82. The zero-order valence-corrected chi connectivity index (χ0v) is 19.8. The molecule has 2 amide bonds. The van der Waals surface area contributed by atoms with Crippen molar-refractivity contribution in [2.75, 3.05) is 20.8 Å². The van der Waals surface area contributed by atoms with Gasteiger partial charge in [0.2, 0.25) is 0 Å². The molecule has 34 heavy (non-hydrogen) atoms. The van der Waals surface area contributed by atoms with Gasteiger partial charge in [0.1, 0.15) is 23.3 Å². The van der Waals surface area contributed by atoms with Crippen molar-refractivity contribution in [3.63, 3.8) is 0 Å². The lowest BCUT2D eigenvalue weighted by atomic mass is 9.72. The lowest BCUT2D eigenvalue weighted by Crippen LogP contribution is -2.56. The fourth-order valence-corrected chi connectivity index (χ4v) is 5.67. The number of halogens is 2. The van der Waals surface area contributed by atoms with Crippen molar-refractivity contribution in [1.29, 1.82) is 0 Å². The van der Waals surface area contributed by atoms with Crippen LogP contribution in [0.15, 0.2) is 53.5 Å². The van der Waals surface area contributed by atoms with Gasteiger partial charge in [-0.1, -0.05) is 43.0 Å². The van der Waals surface area contributed by atoms with Crippen LogP contribution in [0, 0.1) is 17.6 Å². The first kappa shape index (κ1) is 24.3. The van der Waals surface area contributed by atoms with Crippen molar-refractivity contribution in [1.82, 2.24) is 10.4 Å². The van der Waals surface area contributed by atoms with Gasteiger partial charge in [-0.15, -0.1) is 0 Å². The van der Waals surface area contributed by atoms with Crippen LogP contribution in [0.4, 0.5) is 8.78 Å². The molecule has 2 aromatic carbocycles. The molecule has 180 valence electrons. The molecule has 2 aromatic rings. The lowest BCUT2D eigenvalue weighted by molar-refractivity contribution is -0.188. The monoisotopic (exact) mass is 489 g/mol. The third kappa shape index (κ3) is 4.57. The number of aliphatic imine (C=N–C) groups is 1. The Kier molecular flexibility index (Phi) is 7.01. The van der Waals surface area contributed by atoms with Gasteiger partial charge in [-0.25, -0.2) is 18.8 Å². The van der Waals surface area contributed by atoms with Gasteiger partial charge in [0.05, 0.1) is 13.7 Å². The van der Waals surface area contributed by atoms with Gasteiger partial charge in [-0.05, 0) is 24.6 Å². The number of likely N-dealkylation sites (N-methyl/N-ethyl adjacent to an activating group) is 1. The number of hydroxylamine groups is 2. The number of hydrogen-bond donors (Lipinski definition) is 1. The molecule has 4 rings (SSSR count). The van der Waals surface area contributed by atoms with Crippen LogP contribution < -0.4 is 5.32 Å². The average molecular weight is 490 g/mol. The minimum Gasteiger partial charge on any atom is -0.365 e. The quantitative estimate of drug-likeness (QED) is 0.665. The van der Waals surface area contributed by atoms with E-state index in [2.05, 4.69) is 5.32 Å². The maximum atomic E-state index is 15.1. The first-order valence-corrected chi connectivity index (χ1v) is 11.6. The van der Waals surface area contributed by atoms with Crippen molar-refractivity contribution < 1.29 is 27.9 Å². The van der Waals surface area contributed by atoms with E-state index in [-0.39, 0.29) is 41.6 Å². The molecule has 0 radical (unpaired) electrons. The van der Waals surface area contributed by atoms with Crippen molar-refractivity contribution in [3.8, 4) is 0 Å². The number of carbonyl (C=O) groups is 2. The van der Waals surface area contributed by atoms with E-state index >= 15 is 4.39 Å². The highest BCUT2D eigenvalue weighted by atomic mass is 32.2. The van der Waals surface area contributed by atoms with Crippen LogP contribution in [0.5, 0.6) is 0 Å². The maximum Gasteiger partial charge on any atom is 0.274 e. The summed E-state index contributed by atoms with van der Waals surface area (Å²) < 4.78 is 34.7. The van der Waals surface area contributed by atoms with Crippen molar-refractivity contribution in [2.45, 2.75) is 30.2 Å². The van der Waals surface area contributed by atoms with Crippen LogP contribution in [0.25, 0.3) is 0 Å². The highest BCUT2D eigenvalue weighted by Gasteiger charge is 2.53. The third-order valence-corrected chi connectivity index (χ3v) is 7.38. The second kappa shape index (κ2) is 9.81. The van der Waals surface area contributed by atoms with Crippen LogP contribution >= 0.6 is 11.8 Å². The molecular formula is C24H25F2N3O4S. The minimum absolute atomic E-state index is 0.121. The molecule has 0 aromatic heterocycles. The van der Waals surface area contributed by atoms with Gasteiger partial charge in [0, 0.05) is 35.4 Å². The van der Waals surface area contributed by atoms with Gasteiger partial charge >= 0.3 is 0 Å². The molecule has 2 aliphatic rings. The molecule has 0 spiro atoms. The SMILES string of the molecule is CON(C)C(=O)[C@H]1C[C@H]2[C@@H](C)SC(NC(=O)c3ccccc3)=N[C@@]2(c2ccc(F)cc2F)CO1. The zero-order chi connectivity index (χ0) is 24.5. The Labute approximate surface area is 200 Å². The highest BCUT2D eigenvalue weighted by molar-refractivity contribution is 8.14. The normalized spacial score (nSPS) is 26.3. The van der Waals surface area contributed by atoms with E-state index in [1.54, 1.807) is 30.3 Å². The Morgan fingerprint density at radius 1 is 1.24 bits per heavy atom. The molecule has 0 aliphatic carbocycles. The molecule has 0 saturated carbocycles. The minimum atomic E-state index is -1.25. The Balaban J connectivity index is 1.73. The summed E-state index contributed by atoms with van der Waals surface area (Å²) in [5.74, 6) is -2.51. The predicted molar refractivity (Wildman–Crippen MR) is 124 cm³/mol. The van der Waals surface area contributed by atoms with E-state index in [0.717, 1.165) is 11.1 Å². The molecule has 2 aliphatic heterocycles. The molecule has 7 nitrogen and oxygen atoms in total. The summed E-state index contributed by atoms with van der Waals surface area (Å²) in [6, 6.07) is 12.0. The van der Waals surface area contributed by atoms with Crippen LogP contribution in [-0.2, 0) is 19.9 Å². The molecule has 4 atom stereocenters. The summed E-state index contributed by atoms with van der Waals surface area (Å²) >= 11 is 1.33. The fraction of sp³-hybridized carbons (Fsp3) is 0.375. The summed E-state index contributed by atoms with van der Waals surface area (Å²) in [4.78, 5) is 35.2. The van der Waals surface area contributed by atoms with Crippen LogP contribution in [0.2, 0.25) is 0 Å². The van der Waals surface area contributed by atoms with E-state index in [1.165, 1.54) is 38.1 Å². The van der Waals surface area contributed by atoms with Gasteiger partial charge < -0.3 is 10.1 Å². The van der Waals surface area contributed by atoms with E-state index in [0.29, 0.717) is 10.7 Å². The Morgan fingerprint density at radius 3 is 2.65 bits per heavy atom. The smallest absolute Gasteiger partial charge is 0.274 e. The van der Waals surface area contributed by atoms with Gasteiger partial charge in [0.25, 0.3) is 11.8 Å². The number of amidine groups is 1. The summed E-state index contributed by atoms with van der Waals surface area (Å²) in [6.07, 6.45) is -0.550. The maximum absolute atomic E-state index is 15.1. The van der Waals surface area contributed by atoms with E-state index in [9.17, 15) is 14.0 Å². The van der Waals surface area contributed by atoms with E-state index in [4.69, 9.17) is 14.6 Å². The lowest BCUT2D eigenvalue weighted by Gasteiger charge is -2.49. The number of rotatable bonds is 4. The Morgan fingerprint density at radius 2 is 1.97 bits per heavy atom. The van der Waals surface area contributed by atoms with Crippen molar-refractivity contribution in [3.05, 3.63) is 71.3 Å². The zero-order valence-electron chi connectivity index (χ0n) is 19.0. The molecule has 0 unspecified atom stereocenters. The summed E-state index contributed by atoms with van der Waals surface area (Å²) in [6.45, 7) is 1.81.